The zero-order valence-corrected chi connectivity index (χ0v) is 7.77. The number of unbranched alkanes of at least 4 members (excludes halogenated alkanes) is 1. The zero-order chi connectivity index (χ0) is 8.10. The molecule has 0 saturated heterocycles. The molecular weight excluding hydrogens is 136 g/mol. The van der Waals surface area contributed by atoms with Crippen molar-refractivity contribution in [1.29, 1.82) is 0 Å². The first-order valence-electron chi connectivity index (χ1n) is 4.88. The fourth-order valence-electron chi connectivity index (χ4n) is 1.31. The molecule has 1 saturated carbocycles. The summed E-state index contributed by atoms with van der Waals surface area (Å²) in [6, 6.07) is 0.862. The third-order valence-corrected chi connectivity index (χ3v) is 2.10. The summed E-state index contributed by atoms with van der Waals surface area (Å²) in [5.74, 6) is 0. The Kier molecular flexibility index (Phi) is 3.87. The maximum atomic E-state index is 3.41. The van der Waals surface area contributed by atoms with Gasteiger partial charge < -0.3 is 0 Å². The van der Waals surface area contributed by atoms with E-state index in [2.05, 4.69) is 24.3 Å². The van der Waals surface area contributed by atoms with Gasteiger partial charge in [-0.2, -0.15) is 0 Å². The van der Waals surface area contributed by atoms with Gasteiger partial charge in [-0.15, -0.1) is 0 Å². The number of nitrogens with one attached hydrogen (secondary N) is 1. The van der Waals surface area contributed by atoms with Gasteiger partial charge in [-0.3, -0.25) is 5.43 Å². The van der Waals surface area contributed by atoms with Gasteiger partial charge in [-0.05, 0) is 19.3 Å². The highest BCUT2D eigenvalue weighted by atomic mass is 15.5. The number of nitrogens with zero attached hydrogens (tertiary/aromatic N) is 1. The van der Waals surface area contributed by atoms with Crippen molar-refractivity contribution in [1.82, 2.24) is 10.4 Å². The van der Waals surface area contributed by atoms with E-state index < -0.39 is 0 Å². The molecule has 0 radical (unpaired) electrons. The summed E-state index contributed by atoms with van der Waals surface area (Å²) < 4.78 is 0. The highest BCUT2D eigenvalue weighted by Crippen LogP contribution is 2.25. The third-order valence-electron chi connectivity index (χ3n) is 2.10. The quantitative estimate of drug-likeness (QED) is 0.590. The minimum Gasteiger partial charge on any atom is -0.255 e. The molecule has 2 heteroatoms. The number of rotatable bonds is 6. The Morgan fingerprint density at radius 1 is 1.36 bits per heavy atom. The molecule has 0 aliphatic heterocycles. The minimum atomic E-state index is 0.862. The van der Waals surface area contributed by atoms with Crippen molar-refractivity contribution in [2.75, 3.05) is 13.1 Å². The molecule has 1 aliphatic rings. The molecule has 2 nitrogen and oxygen atoms in total. The smallest absolute Gasteiger partial charge is 0.0244 e. The lowest BCUT2D eigenvalue weighted by atomic mass is 10.3. The van der Waals surface area contributed by atoms with Gasteiger partial charge in [-0.25, -0.2) is 5.01 Å². The number of hydrogen-bond acceptors (Lipinski definition) is 2. The SMILES string of the molecule is CCCCN(NCC)C1CC1. The van der Waals surface area contributed by atoms with E-state index in [9.17, 15) is 0 Å². The monoisotopic (exact) mass is 156 g/mol. The molecule has 0 aromatic heterocycles. The van der Waals surface area contributed by atoms with Crippen LogP contribution in [0.25, 0.3) is 0 Å². The fourth-order valence-corrected chi connectivity index (χ4v) is 1.31. The third kappa shape index (κ3) is 3.21. The maximum Gasteiger partial charge on any atom is 0.0244 e. The fraction of sp³-hybridized carbons (Fsp3) is 1.00. The van der Waals surface area contributed by atoms with Gasteiger partial charge in [0.05, 0.1) is 0 Å². The van der Waals surface area contributed by atoms with Crippen molar-refractivity contribution in [3.63, 3.8) is 0 Å². The van der Waals surface area contributed by atoms with Gasteiger partial charge in [-0.1, -0.05) is 20.3 Å². The summed E-state index contributed by atoms with van der Waals surface area (Å²) in [6.45, 7) is 6.72. The molecule has 0 aromatic carbocycles. The van der Waals surface area contributed by atoms with Gasteiger partial charge in [0.1, 0.15) is 0 Å². The molecular formula is C9H20N2. The van der Waals surface area contributed by atoms with Crippen molar-refractivity contribution in [2.45, 2.75) is 45.6 Å². The molecule has 0 spiro atoms. The topological polar surface area (TPSA) is 15.3 Å². The Labute approximate surface area is 69.9 Å². The largest absolute Gasteiger partial charge is 0.255 e. The van der Waals surface area contributed by atoms with Crippen molar-refractivity contribution in [2.24, 2.45) is 0 Å². The van der Waals surface area contributed by atoms with Crippen molar-refractivity contribution in [3.05, 3.63) is 0 Å². The molecule has 66 valence electrons. The lowest BCUT2D eigenvalue weighted by Crippen LogP contribution is -2.40. The minimum absolute atomic E-state index is 0.862. The lowest BCUT2D eigenvalue weighted by molar-refractivity contribution is 0.179. The molecule has 11 heavy (non-hydrogen) atoms. The molecule has 0 unspecified atom stereocenters. The van der Waals surface area contributed by atoms with Gasteiger partial charge >= 0.3 is 0 Å². The zero-order valence-electron chi connectivity index (χ0n) is 7.77. The predicted molar refractivity (Wildman–Crippen MR) is 48.3 cm³/mol. The Bertz CT molecular complexity index is 99.7. The van der Waals surface area contributed by atoms with Crippen LogP contribution < -0.4 is 5.43 Å². The molecule has 0 aromatic rings. The Morgan fingerprint density at radius 3 is 2.55 bits per heavy atom. The molecule has 1 aliphatic carbocycles. The Morgan fingerprint density at radius 2 is 2.09 bits per heavy atom. The first kappa shape index (κ1) is 9.01. The van der Waals surface area contributed by atoms with Gasteiger partial charge in [0.2, 0.25) is 0 Å². The second-order valence-electron chi connectivity index (χ2n) is 3.29. The molecule has 1 N–H and O–H groups in total. The van der Waals surface area contributed by atoms with Crippen LogP contribution in [0.2, 0.25) is 0 Å². The second kappa shape index (κ2) is 4.73. The Balaban J connectivity index is 2.10. The van der Waals surface area contributed by atoms with Crippen LogP contribution in [-0.2, 0) is 0 Å². The van der Waals surface area contributed by atoms with Crippen molar-refractivity contribution in [3.8, 4) is 0 Å². The van der Waals surface area contributed by atoms with E-state index in [1.807, 2.05) is 0 Å². The van der Waals surface area contributed by atoms with E-state index in [0.717, 1.165) is 12.6 Å². The van der Waals surface area contributed by atoms with Crippen LogP contribution in [0, 0.1) is 0 Å². The van der Waals surface area contributed by atoms with Gasteiger partial charge in [0, 0.05) is 19.1 Å². The van der Waals surface area contributed by atoms with Crippen LogP contribution in [-0.4, -0.2) is 24.1 Å². The average molecular weight is 156 g/mol. The normalized spacial score (nSPS) is 17.7. The summed E-state index contributed by atoms with van der Waals surface area (Å²) >= 11 is 0. The highest BCUT2D eigenvalue weighted by molar-refractivity contribution is 4.82. The van der Waals surface area contributed by atoms with Crippen LogP contribution >= 0.6 is 0 Å². The van der Waals surface area contributed by atoms with Crippen molar-refractivity contribution < 1.29 is 0 Å². The van der Waals surface area contributed by atoms with E-state index in [-0.39, 0.29) is 0 Å². The van der Waals surface area contributed by atoms with Gasteiger partial charge in [0.25, 0.3) is 0 Å². The van der Waals surface area contributed by atoms with Crippen LogP contribution in [0.15, 0.2) is 0 Å². The van der Waals surface area contributed by atoms with Crippen LogP contribution in [0.4, 0.5) is 0 Å². The summed E-state index contributed by atoms with van der Waals surface area (Å²) in [5, 5.41) is 2.42. The molecule has 0 atom stereocenters. The number of hydrazine groups is 1. The van der Waals surface area contributed by atoms with E-state index in [1.54, 1.807) is 0 Å². The first-order chi connectivity index (χ1) is 5.38. The molecule has 1 rings (SSSR count). The van der Waals surface area contributed by atoms with E-state index >= 15 is 0 Å². The van der Waals surface area contributed by atoms with E-state index in [1.165, 1.54) is 32.2 Å². The molecule has 0 heterocycles. The van der Waals surface area contributed by atoms with E-state index in [0.29, 0.717) is 0 Å². The molecule has 0 bridgehead atoms. The van der Waals surface area contributed by atoms with Crippen molar-refractivity contribution >= 4 is 0 Å². The Hall–Kier alpha value is -0.0800. The second-order valence-corrected chi connectivity index (χ2v) is 3.29. The first-order valence-corrected chi connectivity index (χ1v) is 4.88. The summed E-state index contributed by atoms with van der Waals surface area (Å²) in [6.07, 6.45) is 5.42. The number of hydrogen-bond donors (Lipinski definition) is 1. The molecule has 1 fully saturated rings. The lowest BCUT2D eigenvalue weighted by Gasteiger charge is -2.21. The maximum absolute atomic E-state index is 3.41. The van der Waals surface area contributed by atoms with E-state index in [4.69, 9.17) is 0 Å². The average Bonchev–Trinajstić information content (AvgIpc) is 2.80. The van der Waals surface area contributed by atoms with Gasteiger partial charge in [0.15, 0.2) is 0 Å². The molecule has 0 amide bonds. The summed E-state index contributed by atoms with van der Waals surface area (Å²) in [5.41, 5.74) is 3.41. The van der Waals surface area contributed by atoms with Crippen LogP contribution in [0.1, 0.15) is 39.5 Å². The summed E-state index contributed by atoms with van der Waals surface area (Å²) in [4.78, 5) is 0. The predicted octanol–water partition coefficient (Wildman–Crippen LogP) is 1.78. The van der Waals surface area contributed by atoms with Crippen LogP contribution in [0.3, 0.4) is 0 Å². The summed E-state index contributed by atoms with van der Waals surface area (Å²) in [7, 11) is 0. The highest BCUT2D eigenvalue weighted by Gasteiger charge is 2.27. The van der Waals surface area contributed by atoms with Crippen LogP contribution in [0.5, 0.6) is 0 Å². The standard InChI is InChI=1S/C9H20N2/c1-3-5-8-11(10-4-2)9-6-7-9/h9-10H,3-8H2,1-2H3.